The summed E-state index contributed by atoms with van der Waals surface area (Å²) in [6.45, 7) is 6.00. The van der Waals surface area contributed by atoms with E-state index in [1.54, 1.807) is 20.8 Å². The van der Waals surface area contributed by atoms with Crippen LogP contribution in [0.25, 0.3) is 11.1 Å². The van der Waals surface area contributed by atoms with Gasteiger partial charge in [-0.25, -0.2) is 9.59 Å². The molecule has 7 rings (SSSR count). The smallest absolute Gasteiger partial charge is 0.410 e. The Labute approximate surface area is 221 Å². The number of alkyl carbamates (subject to hydrolysis) is 1. The molecule has 2 N–H and O–H groups in total. The van der Waals surface area contributed by atoms with Gasteiger partial charge in [0.1, 0.15) is 23.2 Å². The van der Waals surface area contributed by atoms with E-state index in [9.17, 15) is 19.5 Å². The molecule has 1 saturated carbocycles. The molecule has 200 valence electrons. The molecule has 2 amide bonds. The molecule has 3 aliphatic heterocycles. The molecule has 9 heteroatoms. The van der Waals surface area contributed by atoms with E-state index in [2.05, 4.69) is 29.6 Å². The minimum atomic E-state index is -1.08. The van der Waals surface area contributed by atoms with Crippen LogP contribution in [0.15, 0.2) is 48.5 Å². The average Bonchev–Trinajstić information content (AvgIpc) is 3.41. The van der Waals surface area contributed by atoms with E-state index in [1.165, 1.54) is 4.90 Å². The fraction of sp³-hybridized carbons (Fsp3) is 0.483. The first-order chi connectivity index (χ1) is 18.0. The highest BCUT2D eigenvalue weighted by atomic mass is 16.6. The highest BCUT2D eigenvalue weighted by Crippen LogP contribution is 2.69. The first kappa shape index (κ1) is 24.7. The van der Waals surface area contributed by atoms with Crippen molar-refractivity contribution in [2.45, 2.75) is 56.3 Å². The molecule has 2 bridgehead atoms. The number of rotatable bonds is 5. The molecule has 3 saturated heterocycles. The molecule has 0 unspecified atom stereocenters. The van der Waals surface area contributed by atoms with Crippen molar-refractivity contribution in [2.24, 2.45) is 5.41 Å². The summed E-state index contributed by atoms with van der Waals surface area (Å²) >= 11 is 0. The van der Waals surface area contributed by atoms with Crippen LogP contribution in [-0.2, 0) is 19.0 Å². The second kappa shape index (κ2) is 8.20. The van der Waals surface area contributed by atoms with Gasteiger partial charge in [0.2, 0.25) is 0 Å². The lowest BCUT2D eigenvalue weighted by Crippen LogP contribution is -2.71. The molecule has 1 spiro atoms. The molecule has 4 fully saturated rings. The number of carbonyl (C=O) groups excluding carboxylic acids is 2. The first-order valence-electron chi connectivity index (χ1n) is 13.0. The number of amides is 2. The summed E-state index contributed by atoms with van der Waals surface area (Å²) in [6.07, 6.45) is -0.493. The van der Waals surface area contributed by atoms with Gasteiger partial charge < -0.3 is 29.5 Å². The number of carbonyl (C=O) groups is 3. The largest absolute Gasteiger partial charge is 0.481 e. The predicted molar refractivity (Wildman–Crippen MR) is 137 cm³/mol. The Morgan fingerprint density at radius 1 is 1.03 bits per heavy atom. The number of fused-ring (bicyclic) bond motifs is 3. The Balaban J connectivity index is 1.07. The maximum atomic E-state index is 12.7. The van der Waals surface area contributed by atoms with E-state index >= 15 is 0 Å². The second-order valence-corrected chi connectivity index (χ2v) is 12.0. The summed E-state index contributed by atoms with van der Waals surface area (Å²) in [7, 11) is 0. The first-order valence-corrected chi connectivity index (χ1v) is 13.0. The fourth-order valence-corrected chi connectivity index (χ4v) is 6.74. The van der Waals surface area contributed by atoms with Crippen molar-refractivity contribution in [3.8, 4) is 11.1 Å². The van der Waals surface area contributed by atoms with E-state index in [-0.39, 0.29) is 45.0 Å². The number of hydrogen-bond acceptors (Lipinski definition) is 6. The third-order valence-corrected chi connectivity index (χ3v) is 8.38. The number of benzene rings is 2. The Morgan fingerprint density at radius 2 is 1.61 bits per heavy atom. The normalized spacial score (nSPS) is 26.1. The molecule has 0 atom stereocenters. The number of hydrogen-bond donors (Lipinski definition) is 2. The zero-order valence-electron chi connectivity index (χ0n) is 21.8. The molecule has 2 aliphatic carbocycles. The number of carboxylic acids is 1. The molecule has 5 aliphatic rings. The molecular formula is C29H32N2O7. The highest BCUT2D eigenvalue weighted by molar-refractivity contribution is 5.82. The maximum Gasteiger partial charge on any atom is 0.410 e. The SMILES string of the molecule is CC(C)(C)OC(=O)N1CC2(C1)OC1(CNC(=O)OCC3c4ccccc4-c4ccccc43)CC2(C(=O)O)C1. The molecule has 2 aromatic carbocycles. The van der Waals surface area contributed by atoms with E-state index in [0.29, 0.717) is 0 Å². The molecular weight excluding hydrogens is 488 g/mol. The van der Waals surface area contributed by atoms with Crippen molar-refractivity contribution in [3.05, 3.63) is 59.7 Å². The van der Waals surface area contributed by atoms with Crippen LogP contribution >= 0.6 is 0 Å². The summed E-state index contributed by atoms with van der Waals surface area (Å²) < 4.78 is 17.4. The lowest BCUT2D eigenvalue weighted by molar-refractivity contribution is -0.172. The van der Waals surface area contributed by atoms with Gasteiger partial charge >= 0.3 is 18.2 Å². The van der Waals surface area contributed by atoms with Crippen LogP contribution in [0.1, 0.15) is 50.7 Å². The van der Waals surface area contributed by atoms with Gasteiger partial charge in [-0.05, 0) is 55.9 Å². The second-order valence-electron chi connectivity index (χ2n) is 12.0. The summed E-state index contributed by atoms with van der Waals surface area (Å²) in [6, 6.07) is 16.3. The van der Waals surface area contributed by atoms with Gasteiger partial charge in [0.05, 0.1) is 25.2 Å². The van der Waals surface area contributed by atoms with Gasteiger partial charge in [-0.15, -0.1) is 0 Å². The van der Waals surface area contributed by atoms with Crippen molar-refractivity contribution in [1.82, 2.24) is 10.2 Å². The summed E-state index contributed by atoms with van der Waals surface area (Å²) in [4.78, 5) is 38.9. The van der Waals surface area contributed by atoms with Gasteiger partial charge in [-0.2, -0.15) is 0 Å². The minimum Gasteiger partial charge on any atom is -0.481 e. The van der Waals surface area contributed by atoms with Gasteiger partial charge in [0.15, 0.2) is 0 Å². The average molecular weight is 521 g/mol. The predicted octanol–water partition coefficient (Wildman–Crippen LogP) is 4.15. The summed E-state index contributed by atoms with van der Waals surface area (Å²) in [5, 5.41) is 12.9. The van der Waals surface area contributed by atoms with Crippen LogP contribution in [0.3, 0.4) is 0 Å². The van der Waals surface area contributed by atoms with Crippen molar-refractivity contribution < 1.29 is 33.7 Å². The van der Waals surface area contributed by atoms with Gasteiger partial charge in [0, 0.05) is 5.92 Å². The van der Waals surface area contributed by atoms with E-state index in [0.717, 1.165) is 22.3 Å². The van der Waals surface area contributed by atoms with Crippen molar-refractivity contribution >= 4 is 18.2 Å². The Bertz CT molecular complexity index is 1270. The maximum absolute atomic E-state index is 12.7. The number of nitrogens with zero attached hydrogens (tertiary/aromatic N) is 1. The molecule has 0 radical (unpaired) electrons. The van der Waals surface area contributed by atoms with Crippen LogP contribution in [0.5, 0.6) is 0 Å². The highest BCUT2D eigenvalue weighted by Gasteiger charge is 2.81. The third kappa shape index (κ3) is 3.66. The third-order valence-electron chi connectivity index (χ3n) is 8.38. The van der Waals surface area contributed by atoms with Gasteiger partial charge in [-0.3, -0.25) is 4.79 Å². The van der Waals surface area contributed by atoms with Gasteiger partial charge in [0.25, 0.3) is 0 Å². The Hall–Kier alpha value is -3.59. The molecule has 0 aromatic heterocycles. The number of nitrogens with one attached hydrogen (secondary N) is 1. The van der Waals surface area contributed by atoms with Crippen LogP contribution < -0.4 is 5.32 Å². The Kier molecular flexibility index (Phi) is 5.34. The zero-order valence-corrected chi connectivity index (χ0v) is 21.8. The van der Waals surface area contributed by atoms with Crippen LogP contribution in [0.2, 0.25) is 0 Å². The summed E-state index contributed by atoms with van der Waals surface area (Å²) in [5.41, 5.74) is 1.09. The van der Waals surface area contributed by atoms with Crippen molar-refractivity contribution in [3.63, 3.8) is 0 Å². The molecule has 38 heavy (non-hydrogen) atoms. The van der Waals surface area contributed by atoms with Crippen LogP contribution in [0, 0.1) is 5.41 Å². The van der Waals surface area contributed by atoms with E-state index in [1.807, 2.05) is 24.3 Å². The minimum absolute atomic E-state index is 0.0468. The topological polar surface area (TPSA) is 114 Å². The number of likely N-dealkylation sites (tertiary alicyclic amines) is 1. The Morgan fingerprint density at radius 3 is 2.16 bits per heavy atom. The fourth-order valence-electron chi connectivity index (χ4n) is 6.74. The lowest BCUT2D eigenvalue weighted by Gasteiger charge is -2.52. The van der Waals surface area contributed by atoms with Crippen molar-refractivity contribution in [2.75, 3.05) is 26.2 Å². The standard InChI is InChI=1S/C29H32N2O7/c1-26(2,3)37-25(35)31-16-29(17-31)28(23(32)33)13-27(14-28,38-29)15-30-24(34)36-12-22-20-10-6-4-8-18(20)19-9-5-7-11-21(19)22/h4-11,22H,12-17H2,1-3H3,(H,30,34)(H,32,33). The quantitative estimate of drug-likeness (QED) is 0.609. The van der Waals surface area contributed by atoms with Crippen LogP contribution in [-0.4, -0.2) is 71.2 Å². The number of aliphatic carboxylic acids is 1. The van der Waals surface area contributed by atoms with Crippen molar-refractivity contribution in [1.29, 1.82) is 0 Å². The molecule has 3 heterocycles. The van der Waals surface area contributed by atoms with Gasteiger partial charge in [-0.1, -0.05) is 48.5 Å². The number of ether oxygens (including phenoxy) is 3. The van der Waals surface area contributed by atoms with E-state index in [4.69, 9.17) is 14.2 Å². The van der Waals surface area contributed by atoms with Crippen LogP contribution in [0.4, 0.5) is 9.59 Å². The monoisotopic (exact) mass is 520 g/mol. The molecule has 2 aromatic rings. The lowest BCUT2D eigenvalue weighted by atomic mass is 9.54. The zero-order chi connectivity index (χ0) is 26.9. The molecule has 9 nitrogen and oxygen atoms in total. The number of carboxylic acid groups (broad SMARTS) is 1. The van der Waals surface area contributed by atoms with E-state index < -0.39 is 40.4 Å². The summed E-state index contributed by atoms with van der Waals surface area (Å²) in [5.74, 6) is -0.981.